The molecule has 0 radical (unpaired) electrons. The van der Waals surface area contributed by atoms with E-state index in [0.717, 1.165) is 6.42 Å². The Labute approximate surface area is 101 Å². The van der Waals surface area contributed by atoms with Gasteiger partial charge in [0.15, 0.2) is 9.84 Å². The monoisotopic (exact) mass is 265 g/mol. The van der Waals surface area contributed by atoms with Gasteiger partial charge in [0, 0.05) is 5.75 Å². The Balaban J connectivity index is 4.36. The largest absolute Gasteiger partial charge is 0.480 e. The Bertz CT molecular complexity index is 363. The van der Waals surface area contributed by atoms with Gasteiger partial charge in [-0.05, 0) is 6.42 Å². The van der Waals surface area contributed by atoms with Crippen LogP contribution in [0.3, 0.4) is 0 Å². The SMILES string of the molecule is CCCCC(NC(=O)CS(=O)(=O)CC)C(=O)O. The van der Waals surface area contributed by atoms with Gasteiger partial charge in [0.1, 0.15) is 11.8 Å². The fraction of sp³-hybridized carbons (Fsp3) is 0.800. The summed E-state index contributed by atoms with van der Waals surface area (Å²) in [6.45, 7) is 3.34. The van der Waals surface area contributed by atoms with E-state index in [4.69, 9.17) is 5.11 Å². The number of unbranched alkanes of at least 4 members (excludes halogenated alkanes) is 1. The van der Waals surface area contributed by atoms with Gasteiger partial charge in [-0.25, -0.2) is 13.2 Å². The normalized spacial score (nSPS) is 13.1. The Kier molecular flexibility index (Phi) is 6.79. The first-order chi connectivity index (χ1) is 7.82. The van der Waals surface area contributed by atoms with Gasteiger partial charge in [0.05, 0.1) is 0 Å². The third-order valence-corrected chi connectivity index (χ3v) is 3.85. The maximum atomic E-state index is 11.3. The molecule has 17 heavy (non-hydrogen) atoms. The second-order valence-corrected chi connectivity index (χ2v) is 6.13. The molecule has 0 aromatic heterocycles. The molecule has 1 amide bonds. The number of sulfone groups is 1. The quantitative estimate of drug-likeness (QED) is 0.652. The summed E-state index contributed by atoms with van der Waals surface area (Å²) < 4.78 is 22.3. The van der Waals surface area contributed by atoms with E-state index in [1.807, 2.05) is 6.92 Å². The molecule has 2 N–H and O–H groups in total. The van der Waals surface area contributed by atoms with Crippen molar-refractivity contribution in [3.8, 4) is 0 Å². The highest BCUT2D eigenvalue weighted by Crippen LogP contribution is 2.01. The van der Waals surface area contributed by atoms with Crippen LogP contribution in [0.4, 0.5) is 0 Å². The fourth-order valence-electron chi connectivity index (χ4n) is 1.20. The molecular weight excluding hydrogens is 246 g/mol. The first-order valence-corrected chi connectivity index (χ1v) is 7.37. The summed E-state index contributed by atoms with van der Waals surface area (Å²) in [7, 11) is -3.42. The van der Waals surface area contributed by atoms with Crippen molar-refractivity contribution in [2.75, 3.05) is 11.5 Å². The number of hydrogen-bond donors (Lipinski definition) is 2. The van der Waals surface area contributed by atoms with Crippen molar-refractivity contribution in [3.05, 3.63) is 0 Å². The van der Waals surface area contributed by atoms with Crippen molar-refractivity contribution in [1.82, 2.24) is 5.32 Å². The third-order valence-electron chi connectivity index (χ3n) is 2.27. The van der Waals surface area contributed by atoms with Crippen LogP contribution >= 0.6 is 0 Å². The highest BCUT2D eigenvalue weighted by Gasteiger charge is 2.22. The minimum Gasteiger partial charge on any atom is -0.480 e. The molecule has 0 aromatic rings. The lowest BCUT2D eigenvalue weighted by atomic mass is 10.1. The Morgan fingerprint density at radius 3 is 2.29 bits per heavy atom. The highest BCUT2D eigenvalue weighted by atomic mass is 32.2. The van der Waals surface area contributed by atoms with E-state index in [0.29, 0.717) is 12.8 Å². The molecule has 0 saturated carbocycles. The topological polar surface area (TPSA) is 101 Å². The molecule has 0 rings (SSSR count). The van der Waals surface area contributed by atoms with E-state index in [1.54, 1.807) is 0 Å². The second-order valence-electron chi connectivity index (χ2n) is 3.78. The van der Waals surface area contributed by atoms with Crippen molar-refractivity contribution in [2.24, 2.45) is 0 Å². The Morgan fingerprint density at radius 2 is 1.88 bits per heavy atom. The van der Waals surface area contributed by atoms with Crippen LogP contribution < -0.4 is 5.32 Å². The summed E-state index contributed by atoms with van der Waals surface area (Å²) >= 11 is 0. The second kappa shape index (κ2) is 7.26. The van der Waals surface area contributed by atoms with E-state index in [-0.39, 0.29) is 5.75 Å². The number of carbonyl (C=O) groups is 2. The van der Waals surface area contributed by atoms with E-state index in [9.17, 15) is 18.0 Å². The van der Waals surface area contributed by atoms with Crippen LogP contribution in [0.15, 0.2) is 0 Å². The molecule has 0 saturated heterocycles. The summed E-state index contributed by atoms with van der Waals surface area (Å²) in [5, 5.41) is 11.1. The lowest BCUT2D eigenvalue weighted by Crippen LogP contribution is -2.43. The molecule has 1 atom stereocenters. The summed E-state index contributed by atoms with van der Waals surface area (Å²) in [5.74, 6) is -2.68. The highest BCUT2D eigenvalue weighted by molar-refractivity contribution is 7.92. The maximum absolute atomic E-state index is 11.3. The number of nitrogens with one attached hydrogen (secondary N) is 1. The fourth-order valence-corrected chi connectivity index (χ4v) is 1.89. The van der Waals surface area contributed by atoms with Crippen LogP contribution in [0.1, 0.15) is 33.1 Å². The van der Waals surface area contributed by atoms with E-state index in [1.165, 1.54) is 6.92 Å². The molecule has 0 aliphatic carbocycles. The van der Waals surface area contributed by atoms with Gasteiger partial charge in [0.2, 0.25) is 5.91 Å². The number of carboxylic acids is 1. The van der Waals surface area contributed by atoms with Crippen LogP contribution in [0, 0.1) is 0 Å². The maximum Gasteiger partial charge on any atom is 0.326 e. The van der Waals surface area contributed by atoms with Gasteiger partial charge in [-0.15, -0.1) is 0 Å². The third kappa shape index (κ3) is 6.93. The van der Waals surface area contributed by atoms with E-state index < -0.39 is 33.5 Å². The molecule has 1 unspecified atom stereocenters. The van der Waals surface area contributed by atoms with Gasteiger partial charge in [-0.3, -0.25) is 4.79 Å². The minimum absolute atomic E-state index is 0.132. The zero-order valence-electron chi connectivity index (χ0n) is 10.1. The average Bonchev–Trinajstić information content (AvgIpc) is 2.23. The summed E-state index contributed by atoms with van der Waals surface area (Å²) in [4.78, 5) is 22.2. The van der Waals surface area contributed by atoms with Gasteiger partial charge in [-0.2, -0.15) is 0 Å². The van der Waals surface area contributed by atoms with Crippen LogP contribution in [-0.4, -0.2) is 42.9 Å². The molecule has 0 heterocycles. The van der Waals surface area contributed by atoms with Crippen molar-refractivity contribution in [1.29, 1.82) is 0 Å². The van der Waals surface area contributed by atoms with Crippen LogP contribution in [-0.2, 0) is 19.4 Å². The summed E-state index contributed by atoms with van der Waals surface area (Å²) in [6.07, 6.45) is 1.79. The summed E-state index contributed by atoms with van der Waals surface area (Å²) in [6, 6.07) is -1.01. The Morgan fingerprint density at radius 1 is 1.29 bits per heavy atom. The lowest BCUT2D eigenvalue weighted by Gasteiger charge is -2.13. The van der Waals surface area contributed by atoms with Crippen LogP contribution in [0.2, 0.25) is 0 Å². The number of hydrogen-bond acceptors (Lipinski definition) is 4. The molecule has 0 aliphatic rings. The van der Waals surface area contributed by atoms with Gasteiger partial charge < -0.3 is 10.4 Å². The smallest absolute Gasteiger partial charge is 0.326 e. The van der Waals surface area contributed by atoms with E-state index in [2.05, 4.69) is 5.32 Å². The molecular formula is C10H19NO5S. The zero-order valence-corrected chi connectivity index (χ0v) is 10.9. The number of amides is 1. The average molecular weight is 265 g/mol. The zero-order chi connectivity index (χ0) is 13.5. The number of carbonyl (C=O) groups excluding carboxylic acids is 1. The van der Waals surface area contributed by atoms with Crippen molar-refractivity contribution in [3.63, 3.8) is 0 Å². The van der Waals surface area contributed by atoms with Crippen molar-refractivity contribution in [2.45, 2.75) is 39.2 Å². The standard InChI is InChI=1S/C10H19NO5S/c1-3-5-6-8(10(13)14)11-9(12)7-17(15,16)4-2/h8H,3-7H2,1-2H3,(H,11,12)(H,13,14). The Hall–Kier alpha value is -1.11. The first kappa shape index (κ1) is 15.9. The van der Waals surface area contributed by atoms with Gasteiger partial charge in [0.25, 0.3) is 0 Å². The predicted molar refractivity (Wildman–Crippen MR) is 63.4 cm³/mol. The van der Waals surface area contributed by atoms with Gasteiger partial charge in [-0.1, -0.05) is 26.7 Å². The predicted octanol–water partition coefficient (Wildman–Crippen LogP) is 0.181. The summed E-state index contributed by atoms with van der Waals surface area (Å²) in [5.41, 5.74) is 0. The molecule has 100 valence electrons. The molecule has 0 aromatic carbocycles. The molecule has 0 bridgehead atoms. The van der Waals surface area contributed by atoms with Gasteiger partial charge >= 0.3 is 5.97 Å². The molecule has 0 spiro atoms. The molecule has 0 aliphatic heterocycles. The molecule has 6 nitrogen and oxygen atoms in total. The van der Waals surface area contributed by atoms with Crippen LogP contribution in [0.25, 0.3) is 0 Å². The van der Waals surface area contributed by atoms with Crippen molar-refractivity contribution >= 4 is 21.7 Å². The number of rotatable bonds is 8. The van der Waals surface area contributed by atoms with Crippen LogP contribution in [0.5, 0.6) is 0 Å². The lowest BCUT2D eigenvalue weighted by molar-refractivity contribution is -0.141. The minimum atomic E-state index is -3.42. The first-order valence-electron chi connectivity index (χ1n) is 5.55. The molecule has 7 heteroatoms. The van der Waals surface area contributed by atoms with Crippen molar-refractivity contribution < 1.29 is 23.1 Å². The number of carboxylic acid groups (broad SMARTS) is 1. The number of aliphatic carboxylic acids is 1. The van der Waals surface area contributed by atoms with E-state index >= 15 is 0 Å². The molecule has 0 fully saturated rings.